The molecule has 0 fully saturated rings. The average molecular weight is 538 g/mol. The molecule has 194 valence electrons. The number of hydrogen-bond acceptors (Lipinski definition) is 3. The van der Waals surface area contributed by atoms with Gasteiger partial charge in [-0.1, -0.05) is 30.3 Å². The molecule has 0 aliphatic carbocycles. The lowest BCUT2D eigenvalue weighted by molar-refractivity contribution is -0.137. The molecule has 2 N–H and O–H groups in total. The lowest BCUT2D eigenvalue weighted by Crippen LogP contribution is -2.16. The fourth-order valence-corrected chi connectivity index (χ4v) is 5.55. The first-order chi connectivity index (χ1) is 18.1. The molecular formula is C28H22F3N3O3S. The molecule has 38 heavy (non-hydrogen) atoms. The molecule has 1 aromatic heterocycles. The zero-order valence-corrected chi connectivity index (χ0v) is 20.9. The van der Waals surface area contributed by atoms with Crippen molar-refractivity contribution in [1.29, 1.82) is 0 Å². The van der Waals surface area contributed by atoms with E-state index in [2.05, 4.69) is 21.5 Å². The number of anilines is 2. The fraction of sp³-hybridized carbons (Fsp3) is 0.107. The number of amides is 1. The highest BCUT2D eigenvalue weighted by Crippen LogP contribution is 2.32. The van der Waals surface area contributed by atoms with E-state index in [1.807, 2.05) is 36.4 Å². The maximum atomic E-state index is 13.0. The van der Waals surface area contributed by atoms with Crippen LogP contribution >= 0.6 is 0 Å². The normalized spacial score (nSPS) is 12.1. The van der Waals surface area contributed by atoms with Crippen molar-refractivity contribution in [2.24, 2.45) is 0 Å². The zero-order valence-electron chi connectivity index (χ0n) is 20.1. The molecule has 1 amide bonds. The van der Waals surface area contributed by atoms with E-state index in [-0.39, 0.29) is 16.1 Å². The van der Waals surface area contributed by atoms with Gasteiger partial charge < -0.3 is 9.88 Å². The molecule has 4 aromatic carbocycles. The molecule has 0 saturated heterocycles. The number of rotatable bonds is 6. The topological polar surface area (TPSA) is 80.2 Å². The molecule has 0 spiro atoms. The second-order valence-corrected chi connectivity index (χ2v) is 10.3. The predicted molar refractivity (Wildman–Crippen MR) is 142 cm³/mol. The number of fused-ring (bicyclic) bond motifs is 3. The molecule has 5 rings (SSSR count). The van der Waals surface area contributed by atoms with Crippen LogP contribution in [0.15, 0.2) is 95.9 Å². The van der Waals surface area contributed by atoms with Gasteiger partial charge in [0.15, 0.2) is 0 Å². The number of hydrogen-bond donors (Lipinski definition) is 2. The Morgan fingerprint density at radius 3 is 2.32 bits per heavy atom. The highest BCUT2D eigenvalue weighted by atomic mass is 32.2. The number of carbonyl (C=O) groups excluding carboxylic acids is 1. The summed E-state index contributed by atoms with van der Waals surface area (Å²) < 4.78 is 69.1. The third-order valence-electron chi connectivity index (χ3n) is 6.20. The molecular weight excluding hydrogens is 515 g/mol. The first-order valence-electron chi connectivity index (χ1n) is 11.7. The summed E-state index contributed by atoms with van der Waals surface area (Å²) in [5.41, 5.74) is 1.50. The Kier molecular flexibility index (Phi) is 6.36. The van der Waals surface area contributed by atoms with Crippen molar-refractivity contribution in [2.75, 3.05) is 10.0 Å². The van der Waals surface area contributed by atoms with E-state index >= 15 is 0 Å². The van der Waals surface area contributed by atoms with Gasteiger partial charge in [0.2, 0.25) is 0 Å². The quantitative estimate of drug-likeness (QED) is 0.248. The van der Waals surface area contributed by atoms with E-state index in [1.165, 1.54) is 30.3 Å². The van der Waals surface area contributed by atoms with Crippen molar-refractivity contribution in [3.63, 3.8) is 0 Å². The summed E-state index contributed by atoms with van der Waals surface area (Å²) in [4.78, 5) is 12.8. The number of para-hydroxylation sites is 1. The Morgan fingerprint density at radius 2 is 1.55 bits per heavy atom. The molecule has 0 radical (unpaired) electrons. The van der Waals surface area contributed by atoms with Crippen LogP contribution in [0.5, 0.6) is 0 Å². The van der Waals surface area contributed by atoms with E-state index in [4.69, 9.17) is 0 Å². The van der Waals surface area contributed by atoms with Crippen molar-refractivity contribution in [1.82, 2.24) is 4.57 Å². The van der Waals surface area contributed by atoms with Crippen molar-refractivity contribution in [2.45, 2.75) is 24.5 Å². The van der Waals surface area contributed by atoms with Crippen LogP contribution < -0.4 is 10.0 Å². The summed E-state index contributed by atoms with van der Waals surface area (Å²) in [5.74, 6) is -0.528. The van der Waals surface area contributed by atoms with E-state index < -0.39 is 27.7 Å². The lowest BCUT2D eigenvalue weighted by Gasteiger charge is -2.12. The summed E-state index contributed by atoms with van der Waals surface area (Å²) in [6.45, 7) is 2.84. The van der Waals surface area contributed by atoms with E-state index in [0.717, 1.165) is 40.5 Å². The van der Waals surface area contributed by atoms with Gasteiger partial charge in [0.05, 0.1) is 10.5 Å². The number of benzene rings is 4. The number of carbonyl (C=O) groups is 1. The molecule has 0 unspecified atom stereocenters. The van der Waals surface area contributed by atoms with Crippen LogP contribution in [0.3, 0.4) is 0 Å². The van der Waals surface area contributed by atoms with Gasteiger partial charge in [-0.05, 0) is 67.6 Å². The monoisotopic (exact) mass is 537 g/mol. The van der Waals surface area contributed by atoms with Crippen LogP contribution in [0.25, 0.3) is 21.8 Å². The standard InChI is InChI=1S/C28H22F3N3O3S/c1-2-34-25-12-4-3-11-23(25)24-17-20(13-14-26(24)34)32-27(35)18-7-5-10-22(15-18)38(36,37)33-21-9-6-8-19(16-21)28(29,30)31/h3-17,33H,2H2,1H3,(H,32,35). The molecule has 6 nitrogen and oxygen atoms in total. The Bertz CT molecular complexity index is 1790. The summed E-state index contributed by atoms with van der Waals surface area (Å²) in [6, 6.07) is 22.7. The number of sulfonamides is 1. The molecule has 0 aliphatic rings. The molecule has 1 heterocycles. The molecule has 5 aromatic rings. The number of nitrogens with one attached hydrogen (secondary N) is 2. The van der Waals surface area contributed by atoms with E-state index in [9.17, 15) is 26.4 Å². The Balaban J connectivity index is 1.40. The van der Waals surface area contributed by atoms with Gasteiger partial charge in [0.1, 0.15) is 0 Å². The van der Waals surface area contributed by atoms with Crippen LogP contribution in [0.1, 0.15) is 22.8 Å². The predicted octanol–water partition coefficient (Wildman–Crippen LogP) is 6.89. The SMILES string of the molecule is CCn1c2ccccc2c2cc(NC(=O)c3cccc(S(=O)(=O)Nc4cccc(C(F)(F)F)c4)c3)ccc21. The lowest BCUT2D eigenvalue weighted by atomic mass is 10.1. The Labute approximate surface area is 216 Å². The van der Waals surface area contributed by atoms with Crippen LogP contribution in [-0.4, -0.2) is 18.9 Å². The molecule has 10 heteroatoms. The fourth-order valence-electron chi connectivity index (χ4n) is 4.45. The van der Waals surface area contributed by atoms with Crippen molar-refractivity contribution < 1.29 is 26.4 Å². The number of alkyl halides is 3. The maximum absolute atomic E-state index is 13.0. The van der Waals surface area contributed by atoms with Crippen molar-refractivity contribution in [3.8, 4) is 0 Å². The average Bonchev–Trinajstić information content (AvgIpc) is 3.21. The summed E-state index contributed by atoms with van der Waals surface area (Å²) >= 11 is 0. The van der Waals surface area contributed by atoms with Gasteiger partial charge >= 0.3 is 6.18 Å². The second kappa shape index (κ2) is 9.53. The summed E-state index contributed by atoms with van der Waals surface area (Å²) in [5, 5.41) is 4.83. The van der Waals surface area contributed by atoms with E-state index in [1.54, 1.807) is 6.07 Å². The maximum Gasteiger partial charge on any atom is 0.416 e. The second-order valence-electron chi connectivity index (χ2n) is 8.66. The van der Waals surface area contributed by atoms with Crippen LogP contribution in [0.2, 0.25) is 0 Å². The minimum atomic E-state index is -4.62. The van der Waals surface area contributed by atoms with Gasteiger partial charge in [0, 0.05) is 45.3 Å². The summed E-state index contributed by atoms with van der Waals surface area (Å²) in [6.07, 6.45) is -4.62. The highest BCUT2D eigenvalue weighted by molar-refractivity contribution is 7.92. The molecule has 0 atom stereocenters. The number of nitrogens with zero attached hydrogens (tertiary/aromatic N) is 1. The largest absolute Gasteiger partial charge is 0.416 e. The smallest absolute Gasteiger partial charge is 0.341 e. The number of halogens is 3. The van der Waals surface area contributed by atoms with Crippen LogP contribution in [0.4, 0.5) is 24.5 Å². The number of aromatic nitrogens is 1. The Morgan fingerprint density at radius 1 is 0.816 bits per heavy atom. The van der Waals surface area contributed by atoms with Crippen LogP contribution in [0, 0.1) is 0 Å². The minimum Gasteiger partial charge on any atom is -0.341 e. The third kappa shape index (κ3) is 4.82. The van der Waals surface area contributed by atoms with Gasteiger partial charge in [-0.25, -0.2) is 8.42 Å². The van der Waals surface area contributed by atoms with Gasteiger partial charge in [0.25, 0.3) is 15.9 Å². The number of aryl methyl sites for hydroxylation is 1. The van der Waals surface area contributed by atoms with E-state index in [0.29, 0.717) is 11.8 Å². The highest BCUT2D eigenvalue weighted by Gasteiger charge is 2.30. The molecule has 0 bridgehead atoms. The molecule has 0 saturated carbocycles. The van der Waals surface area contributed by atoms with Crippen molar-refractivity contribution in [3.05, 3.63) is 102 Å². The minimum absolute atomic E-state index is 0.0769. The first-order valence-corrected chi connectivity index (χ1v) is 13.2. The van der Waals surface area contributed by atoms with Gasteiger partial charge in [-0.3, -0.25) is 9.52 Å². The van der Waals surface area contributed by atoms with Gasteiger partial charge in [-0.2, -0.15) is 13.2 Å². The first kappa shape index (κ1) is 25.3. The molecule has 0 aliphatic heterocycles. The van der Waals surface area contributed by atoms with Gasteiger partial charge in [-0.15, -0.1) is 0 Å². The zero-order chi connectivity index (χ0) is 27.1. The Hall–Kier alpha value is -4.31. The third-order valence-corrected chi connectivity index (χ3v) is 7.57. The van der Waals surface area contributed by atoms with Crippen molar-refractivity contribution >= 4 is 49.1 Å². The summed E-state index contributed by atoms with van der Waals surface area (Å²) in [7, 11) is -4.26. The van der Waals surface area contributed by atoms with Crippen LogP contribution in [-0.2, 0) is 22.7 Å².